The van der Waals surface area contributed by atoms with Crippen molar-refractivity contribution >= 4 is 6.08 Å². The molecule has 0 saturated heterocycles. The first-order valence-electron chi connectivity index (χ1n) is 5.29. The van der Waals surface area contributed by atoms with Gasteiger partial charge < -0.3 is 5.73 Å². The molecule has 1 aromatic carbocycles. The van der Waals surface area contributed by atoms with Gasteiger partial charge in [-0.3, -0.25) is 0 Å². The molecular formula is C13H19N. The smallest absolute Gasteiger partial charge is 0.0140 e. The van der Waals surface area contributed by atoms with Gasteiger partial charge in [0.1, 0.15) is 0 Å². The zero-order valence-corrected chi connectivity index (χ0v) is 9.09. The minimum Gasteiger partial charge on any atom is -0.327 e. The first-order valence-corrected chi connectivity index (χ1v) is 5.29. The molecule has 0 aliphatic carbocycles. The van der Waals surface area contributed by atoms with Gasteiger partial charge in [0.2, 0.25) is 0 Å². The largest absolute Gasteiger partial charge is 0.327 e. The molecular weight excluding hydrogens is 170 g/mol. The predicted molar refractivity (Wildman–Crippen MR) is 63.1 cm³/mol. The SMILES string of the molecule is CCC(=Cc1ccccc1CC)CN. The summed E-state index contributed by atoms with van der Waals surface area (Å²) in [6.07, 6.45) is 4.33. The van der Waals surface area contributed by atoms with E-state index in [1.807, 2.05) is 0 Å². The van der Waals surface area contributed by atoms with E-state index in [4.69, 9.17) is 5.73 Å². The average Bonchev–Trinajstić information content (AvgIpc) is 2.26. The van der Waals surface area contributed by atoms with Crippen LogP contribution >= 0.6 is 0 Å². The van der Waals surface area contributed by atoms with Gasteiger partial charge in [0.15, 0.2) is 0 Å². The molecule has 0 aliphatic rings. The van der Waals surface area contributed by atoms with Crippen LogP contribution in [0, 0.1) is 0 Å². The lowest BCUT2D eigenvalue weighted by molar-refractivity contribution is 1.02. The number of rotatable bonds is 4. The lowest BCUT2D eigenvalue weighted by Crippen LogP contribution is -2.02. The van der Waals surface area contributed by atoms with Crippen LogP contribution in [0.3, 0.4) is 0 Å². The van der Waals surface area contributed by atoms with Crippen LogP contribution < -0.4 is 5.73 Å². The number of hydrogen-bond acceptors (Lipinski definition) is 1. The minimum atomic E-state index is 0.661. The van der Waals surface area contributed by atoms with Crippen LogP contribution in [0.25, 0.3) is 6.08 Å². The van der Waals surface area contributed by atoms with E-state index in [1.54, 1.807) is 0 Å². The van der Waals surface area contributed by atoms with Gasteiger partial charge in [-0.25, -0.2) is 0 Å². The molecule has 1 nitrogen and oxygen atoms in total. The van der Waals surface area contributed by atoms with Crippen molar-refractivity contribution < 1.29 is 0 Å². The first-order chi connectivity index (χ1) is 6.81. The molecule has 0 bridgehead atoms. The Balaban J connectivity index is 3.00. The van der Waals surface area contributed by atoms with Crippen molar-refractivity contribution in [3.05, 3.63) is 41.0 Å². The van der Waals surface area contributed by atoms with Crippen molar-refractivity contribution in [2.45, 2.75) is 26.7 Å². The topological polar surface area (TPSA) is 26.0 Å². The van der Waals surface area contributed by atoms with E-state index in [0.717, 1.165) is 12.8 Å². The summed E-state index contributed by atoms with van der Waals surface area (Å²) in [5.74, 6) is 0. The third-order valence-corrected chi connectivity index (χ3v) is 2.51. The fourth-order valence-electron chi connectivity index (χ4n) is 1.52. The Bertz CT molecular complexity index is 307. The van der Waals surface area contributed by atoms with Gasteiger partial charge in [-0.05, 0) is 24.0 Å². The Kier molecular flexibility index (Phi) is 4.41. The van der Waals surface area contributed by atoms with Crippen LogP contribution in [-0.4, -0.2) is 6.54 Å². The molecule has 0 aromatic heterocycles. The van der Waals surface area contributed by atoms with Crippen molar-refractivity contribution in [2.24, 2.45) is 5.73 Å². The van der Waals surface area contributed by atoms with E-state index < -0.39 is 0 Å². The lowest BCUT2D eigenvalue weighted by Gasteiger charge is -2.05. The third kappa shape index (κ3) is 2.71. The summed E-state index contributed by atoms with van der Waals surface area (Å²) in [4.78, 5) is 0. The average molecular weight is 189 g/mol. The molecule has 0 atom stereocenters. The van der Waals surface area contributed by atoms with Crippen molar-refractivity contribution in [3.8, 4) is 0 Å². The van der Waals surface area contributed by atoms with Crippen LogP contribution in [0.15, 0.2) is 29.8 Å². The van der Waals surface area contributed by atoms with Gasteiger partial charge in [0.05, 0.1) is 0 Å². The molecule has 1 heteroatoms. The molecule has 0 radical (unpaired) electrons. The molecule has 2 N–H and O–H groups in total. The molecule has 0 unspecified atom stereocenters. The summed E-state index contributed by atoms with van der Waals surface area (Å²) < 4.78 is 0. The number of benzene rings is 1. The van der Waals surface area contributed by atoms with Gasteiger partial charge in [0, 0.05) is 6.54 Å². The first kappa shape index (κ1) is 11.0. The van der Waals surface area contributed by atoms with Crippen LogP contribution in [-0.2, 0) is 6.42 Å². The fraction of sp³-hybridized carbons (Fsp3) is 0.385. The molecule has 1 aromatic rings. The summed E-state index contributed by atoms with van der Waals surface area (Å²) in [5.41, 5.74) is 9.68. The van der Waals surface area contributed by atoms with E-state index in [1.165, 1.54) is 16.7 Å². The van der Waals surface area contributed by atoms with Crippen LogP contribution in [0.4, 0.5) is 0 Å². The minimum absolute atomic E-state index is 0.661. The van der Waals surface area contributed by atoms with Gasteiger partial charge in [-0.2, -0.15) is 0 Å². The summed E-state index contributed by atoms with van der Waals surface area (Å²) >= 11 is 0. The van der Waals surface area contributed by atoms with E-state index >= 15 is 0 Å². The highest BCUT2D eigenvalue weighted by molar-refractivity contribution is 5.57. The third-order valence-electron chi connectivity index (χ3n) is 2.51. The number of nitrogens with two attached hydrogens (primary N) is 1. The maximum atomic E-state index is 5.65. The fourth-order valence-corrected chi connectivity index (χ4v) is 1.52. The predicted octanol–water partition coefficient (Wildman–Crippen LogP) is 3.00. The lowest BCUT2D eigenvalue weighted by atomic mass is 10.0. The van der Waals surface area contributed by atoms with E-state index in [9.17, 15) is 0 Å². The second-order valence-electron chi connectivity index (χ2n) is 3.41. The highest BCUT2D eigenvalue weighted by atomic mass is 14.5. The molecule has 1 rings (SSSR count). The summed E-state index contributed by atoms with van der Waals surface area (Å²) in [5, 5.41) is 0. The highest BCUT2D eigenvalue weighted by Gasteiger charge is 1.97. The Hall–Kier alpha value is -1.08. The maximum absolute atomic E-state index is 5.65. The van der Waals surface area contributed by atoms with Crippen LogP contribution in [0.2, 0.25) is 0 Å². The van der Waals surface area contributed by atoms with Gasteiger partial charge >= 0.3 is 0 Å². The second kappa shape index (κ2) is 5.61. The molecule has 0 heterocycles. The molecule has 0 saturated carbocycles. The Morgan fingerprint density at radius 3 is 2.57 bits per heavy atom. The Morgan fingerprint density at radius 2 is 2.00 bits per heavy atom. The standard InChI is InChI=1S/C13H19N/c1-3-11(10-14)9-13-8-6-5-7-12(13)4-2/h5-9H,3-4,10,14H2,1-2H3. The monoisotopic (exact) mass is 189 g/mol. The van der Waals surface area contributed by atoms with Crippen molar-refractivity contribution in [1.29, 1.82) is 0 Å². The maximum Gasteiger partial charge on any atom is 0.0140 e. The van der Waals surface area contributed by atoms with Crippen molar-refractivity contribution in [1.82, 2.24) is 0 Å². The summed E-state index contributed by atoms with van der Waals surface area (Å²) in [6.45, 7) is 4.99. The van der Waals surface area contributed by atoms with Crippen molar-refractivity contribution in [3.63, 3.8) is 0 Å². The molecule has 14 heavy (non-hydrogen) atoms. The zero-order chi connectivity index (χ0) is 10.4. The second-order valence-corrected chi connectivity index (χ2v) is 3.41. The normalized spacial score (nSPS) is 11.8. The summed E-state index contributed by atoms with van der Waals surface area (Å²) in [7, 11) is 0. The van der Waals surface area contributed by atoms with E-state index in [0.29, 0.717) is 6.54 Å². The van der Waals surface area contributed by atoms with Gasteiger partial charge in [-0.1, -0.05) is 49.8 Å². The number of aryl methyl sites for hydroxylation is 1. The molecule has 0 spiro atoms. The number of hydrogen-bond donors (Lipinski definition) is 1. The Labute approximate surface area is 86.6 Å². The molecule has 0 fully saturated rings. The quantitative estimate of drug-likeness (QED) is 0.774. The summed E-state index contributed by atoms with van der Waals surface area (Å²) in [6, 6.07) is 8.50. The van der Waals surface area contributed by atoms with E-state index in [-0.39, 0.29) is 0 Å². The van der Waals surface area contributed by atoms with Gasteiger partial charge in [-0.15, -0.1) is 0 Å². The van der Waals surface area contributed by atoms with Crippen LogP contribution in [0.5, 0.6) is 0 Å². The zero-order valence-electron chi connectivity index (χ0n) is 9.09. The van der Waals surface area contributed by atoms with E-state index in [2.05, 4.69) is 44.2 Å². The van der Waals surface area contributed by atoms with Gasteiger partial charge in [0.25, 0.3) is 0 Å². The van der Waals surface area contributed by atoms with Crippen LogP contribution in [0.1, 0.15) is 31.4 Å². The van der Waals surface area contributed by atoms with Crippen molar-refractivity contribution in [2.75, 3.05) is 6.54 Å². The molecule has 0 amide bonds. The molecule has 0 aliphatic heterocycles. The Morgan fingerprint density at radius 1 is 1.29 bits per heavy atom. The highest BCUT2D eigenvalue weighted by Crippen LogP contribution is 2.14. The molecule has 76 valence electrons.